The fraction of sp³-hybridized carbons (Fsp3) is 0.388. The van der Waals surface area contributed by atoms with Gasteiger partial charge in [-0.05, 0) is 120 Å². The van der Waals surface area contributed by atoms with Crippen LogP contribution in [0.15, 0.2) is 115 Å². The largest absolute Gasteiger partial charge is 0.508 e. The summed E-state index contributed by atoms with van der Waals surface area (Å²) in [6.07, 6.45) is -16.6. The topological polar surface area (TPSA) is 584 Å². The summed E-state index contributed by atoms with van der Waals surface area (Å²) in [6, 6.07) is 4.24. The number of aliphatic hydroxyl groups excluding tert-OH is 6. The number of phenolic OH excluding ortho intramolecular Hbond substituents is 4. The van der Waals surface area contributed by atoms with E-state index in [0.717, 1.165) is 112 Å². The van der Waals surface area contributed by atoms with Gasteiger partial charge in [0, 0.05) is 54.2 Å². The lowest BCUT2D eigenvalue weighted by atomic mass is 9.89. The van der Waals surface area contributed by atoms with Gasteiger partial charge in [-0.2, -0.15) is 0 Å². The van der Waals surface area contributed by atoms with Gasteiger partial charge in [-0.1, -0.05) is 106 Å². The SMILES string of the molecule is CN[C@@H]1C(=O)N[C@H]2Cc3ccc(cc3)Oc3cc4cc(c3O[C@H]3O[C@@H](C(=O)O)[C@H](O)[C@@H](O)[C@@H]3NC(=O)CCCCCCCCC(C)C)Oc3ccc(cc3Cl)[C@H](O)[C@H]3NC(=O)[C@@H](NC(=O)[C@H]4NC(=O)[C@H](NC2=O)c2cc(cc(O)c2Cl)Oc2cc1ccc2O)c1ccc(O)c(c1)-c1c(O[C@@H]2O[C@@H](COC(C)=O)[C@H](O)[C@@H](O)[C@H]2O)cc(O)cc1[C@H](C(=O)O)NC3=O. The normalized spacial score (nSPS) is 26.1. The number of hydrogen-bond acceptors (Lipinski definition) is 29. The molecule has 38 nitrogen and oxygen atoms in total. The Bertz CT molecular complexity index is 5330. The van der Waals surface area contributed by atoms with Gasteiger partial charge in [0.2, 0.25) is 59.7 Å². The van der Waals surface area contributed by atoms with Crippen molar-refractivity contribution in [3.8, 4) is 80.1 Å². The summed E-state index contributed by atoms with van der Waals surface area (Å²) >= 11 is 14.2. The summed E-state index contributed by atoms with van der Waals surface area (Å²) in [6.45, 7) is 4.50. The summed E-state index contributed by atoms with van der Waals surface area (Å²) in [4.78, 5) is 148. The van der Waals surface area contributed by atoms with Crippen LogP contribution in [0.3, 0.4) is 0 Å². The molecule has 0 aromatic heterocycles. The van der Waals surface area contributed by atoms with Crippen molar-refractivity contribution >= 4 is 82.5 Å². The number of amides is 7. The van der Waals surface area contributed by atoms with Crippen molar-refractivity contribution in [3.63, 3.8) is 0 Å². The van der Waals surface area contributed by atoms with E-state index in [1.807, 2.05) is 0 Å². The zero-order chi connectivity index (χ0) is 89.8. The Morgan fingerprint density at radius 1 is 0.536 bits per heavy atom. The van der Waals surface area contributed by atoms with Crippen LogP contribution in [0.5, 0.6) is 69.0 Å². The first-order valence-corrected chi connectivity index (χ1v) is 40.5. The van der Waals surface area contributed by atoms with Gasteiger partial charge in [0.15, 0.2) is 35.1 Å². The number of likely N-dealkylation sites (N-methyl/N-ethyl adjacent to an activating group) is 1. The van der Waals surface area contributed by atoms with Crippen LogP contribution in [0, 0.1) is 5.92 Å². The second-order valence-electron chi connectivity index (χ2n) is 31.2. The highest BCUT2D eigenvalue weighted by Gasteiger charge is 2.52. The molecule has 0 aliphatic carbocycles. The van der Waals surface area contributed by atoms with Crippen molar-refractivity contribution in [2.24, 2.45) is 5.92 Å². The van der Waals surface area contributed by atoms with Gasteiger partial charge >= 0.3 is 17.9 Å². The molecule has 0 saturated carbocycles. The van der Waals surface area contributed by atoms with Crippen LogP contribution < -0.4 is 66.2 Å². The monoisotopic (exact) mass is 1770 g/mol. The minimum Gasteiger partial charge on any atom is -0.508 e. The van der Waals surface area contributed by atoms with Crippen LogP contribution in [0.1, 0.15) is 147 Å². The van der Waals surface area contributed by atoms with Gasteiger partial charge < -0.3 is 142 Å². The van der Waals surface area contributed by atoms with Crippen molar-refractivity contribution in [1.82, 2.24) is 42.5 Å². The van der Waals surface area contributed by atoms with E-state index in [2.05, 4.69) is 56.4 Å². The molecule has 0 spiro atoms. The maximum absolute atomic E-state index is 16.7. The summed E-state index contributed by atoms with van der Waals surface area (Å²) in [5, 5.41) is 158. The number of phenols is 4. The standard InChI is InChI=1S/C85H90Cl2N8O30/c1-34(2)11-9-7-5-6-8-10-12-58(101)90-67-70(104)72(106)75(83(116)117)125-84(67)124-74-55-27-40-28-56(74)121-52-22-17-39(25-47(52)86)68(102)66-81(113)94-65(82(114)115)45-29-41(97)30-54(122-85-73(107)71(105)69(103)57(123-85)33-118-35(3)96)59(45)44-24-37(15-20-49(44)98)62(78(110)95-66)91-79(111)63(40)92-80(112)64-46-31-43(32-51(100)60(46)87)120-53-26-38(16-21-50(53)99)61(88-4)77(109)89-48(76(108)93-64)23-36-13-18-42(119-55)19-14-36/h13-22,24-32,34,48,57,61-73,75,84-85,88,97-100,102-107H,5-12,23,33H2,1-4H3,(H,89,109)(H,90,101)(H,91,111)(H,92,112)(H,93,108)(H,94,113)(H,95,110)(H,114,115)(H,116,117)/t48-,57-,61-,62-,63-,64+,65+,66+,67-,68-,69-,70-,71+,72+,73+,75+,84-,85+/m0/s1. The number of esters is 1. The molecule has 8 aliphatic rings. The minimum atomic E-state index is -2.48. The number of ether oxygens (including phenoxy) is 8. The van der Waals surface area contributed by atoms with Crippen LogP contribution in [-0.4, -0.2) is 208 Å². The number of carboxylic acid groups (broad SMARTS) is 2. The fourth-order valence-corrected chi connectivity index (χ4v) is 15.8. The number of aliphatic hydroxyl groups is 6. The van der Waals surface area contributed by atoms with Crippen molar-refractivity contribution in [3.05, 3.63) is 164 Å². The summed E-state index contributed by atoms with van der Waals surface area (Å²) in [5.74, 6) is -20.1. The Labute approximate surface area is 720 Å². The van der Waals surface area contributed by atoms with Gasteiger partial charge in [-0.15, -0.1) is 0 Å². The quantitative estimate of drug-likeness (QED) is 0.0383. The molecule has 18 atom stereocenters. The molecular formula is C85H90Cl2N8O30. The number of aliphatic carboxylic acids is 2. The van der Waals surface area contributed by atoms with Crippen LogP contribution in [-0.2, 0) is 68.6 Å². The molecule has 20 N–H and O–H groups in total. The average molecular weight is 1770 g/mol. The van der Waals surface area contributed by atoms with E-state index in [-0.39, 0.29) is 40.4 Å². The first-order valence-electron chi connectivity index (χ1n) is 39.8. The Hall–Kier alpha value is -12.3. The first kappa shape index (κ1) is 90.4. The number of rotatable bonds is 19. The molecule has 8 aliphatic heterocycles. The van der Waals surface area contributed by atoms with Crippen molar-refractivity contribution in [1.29, 1.82) is 0 Å². The minimum absolute atomic E-state index is 0.157. The highest BCUT2D eigenvalue weighted by molar-refractivity contribution is 6.33. The number of fused-ring (bicyclic) bond motifs is 14. The van der Waals surface area contributed by atoms with Gasteiger partial charge in [0.1, 0.15) is 132 Å². The molecule has 17 bridgehead atoms. The number of nitrogens with one attached hydrogen (secondary N) is 8. The number of unbranched alkanes of at least 4 members (excludes halogenated alkanes) is 5. The summed E-state index contributed by atoms with van der Waals surface area (Å²) < 4.78 is 49.3. The van der Waals surface area contributed by atoms with E-state index in [4.69, 9.17) is 61.1 Å². The molecule has 7 aromatic carbocycles. The predicted octanol–water partition coefficient (Wildman–Crippen LogP) is 4.76. The zero-order valence-electron chi connectivity index (χ0n) is 67.0. The summed E-state index contributed by atoms with van der Waals surface area (Å²) in [5.41, 5.74) is -3.38. The van der Waals surface area contributed by atoms with E-state index < -0.39 is 277 Å². The Morgan fingerprint density at radius 3 is 1.86 bits per heavy atom. The number of carboxylic acids is 2. The smallest absolute Gasteiger partial charge is 0.335 e. The van der Waals surface area contributed by atoms with Crippen LogP contribution in [0.2, 0.25) is 10.0 Å². The van der Waals surface area contributed by atoms with Gasteiger partial charge in [-0.3, -0.25) is 38.4 Å². The molecule has 125 heavy (non-hydrogen) atoms. The molecular weight excluding hydrogens is 1680 g/mol. The molecule has 15 rings (SSSR count). The lowest BCUT2D eigenvalue weighted by Gasteiger charge is -2.41. The van der Waals surface area contributed by atoms with E-state index in [1.165, 1.54) is 49.5 Å². The molecule has 7 aromatic rings. The van der Waals surface area contributed by atoms with E-state index in [0.29, 0.717) is 18.8 Å². The number of aromatic hydroxyl groups is 4. The molecule has 2 saturated heterocycles. The van der Waals surface area contributed by atoms with Gasteiger partial charge in [0.25, 0.3) is 0 Å². The molecule has 40 heteroatoms. The number of benzene rings is 7. The van der Waals surface area contributed by atoms with Gasteiger partial charge in [-0.25, -0.2) is 9.59 Å². The Morgan fingerprint density at radius 2 is 1.18 bits per heavy atom. The number of carbonyl (C=O) groups excluding carboxylic acids is 8. The van der Waals surface area contributed by atoms with Crippen LogP contribution in [0.4, 0.5) is 0 Å². The average Bonchev–Trinajstić information content (AvgIpc) is 0.759. The third kappa shape index (κ3) is 20.1. The van der Waals surface area contributed by atoms with E-state index >= 15 is 24.0 Å². The molecule has 0 radical (unpaired) electrons. The number of halogens is 2. The first-order chi connectivity index (χ1) is 59.5. The Kier molecular flexibility index (Phi) is 27.8. The van der Waals surface area contributed by atoms with Crippen molar-refractivity contribution < 1.29 is 147 Å². The highest BCUT2D eigenvalue weighted by atomic mass is 35.5. The molecule has 8 heterocycles. The molecule has 2 fully saturated rings. The Balaban J connectivity index is 1.03. The maximum Gasteiger partial charge on any atom is 0.335 e. The number of carbonyl (C=O) groups is 10. The second kappa shape index (κ2) is 38.4. The lowest BCUT2D eigenvalue weighted by Crippen LogP contribution is -2.66. The lowest BCUT2D eigenvalue weighted by molar-refractivity contribution is -0.278. The zero-order valence-corrected chi connectivity index (χ0v) is 68.5. The molecule has 7 amide bonds. The van der Waals surface area contributed by atoms with Crippen LogP contribution >= 0.6 is 23.2 Å². The van der Waals surface area contributed by atoms with Crippen molar-refractivity contribution in [2.45, 2.75) is 188 Å². The van der Waals surface area contributed by atoms with Crippen LogP contribution in [0.25, 0.3) is 11.1 Å². The maximum atomic E-state index is 16.7. The third-order valence-electron chi connectivity index (χ3n) is 21.9. The van der Waals surface area contributed by atoms with E-state index in [1.54, 1.807) is 0 Å². The third-order valence-corrected chi connectivity index (χ3v) is 22.6. The fourth-order valence-electron chi connectivity index (χ4n) is 15.4. The van der Waals surface area contributed by atoms with Crippen molar-refractivity contribution in [2.75, 3.05) is 13.7 Å². The predicted molar refractivity (Wildman–Crippen MR) is 433 cm³/mol. The highest BCUT2D eigenvalue weighted by Crippen LogP contribution is 2.51. The van der Waals surface area contributed by atoms with Gasteiger partial charge in [0.05, 0.1) is 10.0 Å². The van der Waals surface area contributed by atoms with E-state index in [9.17, 15) is 85.3 Å². The molecule has 664 valence electrons. The number of hydrogen-bond donors (Lipinski definition) is 20. The molecule has 0 unspecified atom stereocenters. The second-order valence-corrected chi connectivity index (χ2v) is 32.0. The summed E-state index contributed by atoms with van der Waals surface area (Å²) in [7, 11) is 1.42.